The first-order valence-corrected chi connectivity index (χ1v) is 13.2. The van der Waals surface area contributed by atoms with E-state index in [0.29, 0.717) is 19.1 Å². The van der Waals surface area contributed by atoms with Crippen LogP contribution in [0.3, 0.4) is 0 Å². The maximum absolute atomic E-state index is 13.2. The Labute approximate surface area is 211 Å². The van der Waals surface area contributed by atoms with E-state index in [1.54, 1.807) is 6.26 Å². The molecule has 3 heterocycles. The van der Waals surface area contributed by atoms with E-state index < -0.39 is 0 Å². The van der Waals surface area contributed by atoms with Gasteiger partial charge in [-0.25, -0.2) is 4.68 Å². The highest BCUT2D eigenvalue weighted by molar-refractivity contribution is 5.80. The monoisotopic (exact) mass is 488 g/mol. The maximum Gasteiger partial charge on any atom is 0.252 e. The van der Waals surface area contributed by atoms with Crippen molar-refractivity contribution in [2.75, 3.05) is 0 Å². The van der Waals surface area contributed by atoms with E-state index in [0.717, 1.165) is 53.7 Å². The first-order valence-electron chi connectivity index (χ1n) is 13.2. The van der Waals surface area contributed by atoms with Gasteiger partial charge in [-0.2, -0.15) is 0 Å². The molecule has 0 aliphatic heterocycles. The van der Waals surface area contributed by atoms with E-state index in [2.05, 4.69) is 63.0 Å². The fourth-order valence-electron chi connectivity index (χ4n) is 5.49. The van der Waals surface area contributed by atoms with Gasteiger partial charge in [0, 0.05) is 17.6 Å². The summed E-state index contributed by atoms with van der Waals surface area (Å²) in [6.45, 7) is 7.39. The lowest BCUT2D eigenvalue weighted by atomic mass is 9.95. The number of hydrogen-bond donors (Lipinski definition) is 1. The molecule has 1 aromatic carbocycles. The molecular weight excluding hydrogens is 452 g/mol. The topological polar surface area (TPSA) is 92.8 Å². The molecule has 0 saturated heterocycles. The van der Waals surface area contributed by atoms with E-state index in [4.69, 9.17) is 4.42 Å². The number of furan rings is 1. The molecule has 0 radical (unpaired) electrons. The van der Waals surface area contributed by atoms with Gasteiger partial charge >= 0.3 is 0 Å². The van der Waals surface area contributed by atoms with Gasteiger partial charge in [0.25, 0.3) is 5.56 Å². The van der Waals surface area contributed by atoms with Crippen LogP contribution in [-0.2, 0) is 13.1 Å². The van der Waals surface area contributed by atoms with Crippen molar-refractivity contribution in [2.24, 2.45) is 0 Å². The third-order valence-electron chi connectivity index (χ3n) is 7.59. The zero-order chi connectivity index (χ0) is 25.1. The Morgan fingerprint density at radius 1 is 1.14 bits per heavy atom. The van der Waals surface area contributed by atoms with Gasteiger partial charge < -0.3 is 9.40 Å². The average Bonchev–Trinajstić information content (AvgIpc) is 3.57. The average molecular weight is 489 g/mol. The van der Waals surface area contributed by atoms with Crippen LogP contribution in [0.1, 0.15) is 92.2 Å². The van der Waals surface area contributed by atoms with Crippen LogP contribution in [-0.4, -0.2) is 30.1 Å². The first-order chi connectivity index (χ1) is 17.5. The summed E-state index contributed by atoms with van der Waals surface area (Å²) in [6.07, 6.45) is 9.48. The van der Waals surface area contributed by atoms with Crippen LogP contribution in [0.2, 0.25) is 0 Å². The van der Waals surface area contributed by atoms with E-state index >= 15 is 0 Å². The summed E-state index contributed by atoms with van der Waals surface area (Å²) in [5, 5.41) is 14.1. The zero-order valence-electron chi connectivity index (χ0n) is 21.5. The number of fused-ring (bicyclic) bond motifs is 1. The van der Waals surface area contributed by atoms with Gasteiger partial charge in [-0.15, -0.1) is 5.10 Å². The van der Waals surface area contributed by atoms with Gasteiger partial charge in [-0.05, 0) is 90.4 Å². The predicted molar refractivity (Wildman–Crippen MR) is 140 cm³/mol. The number of tetrazole rings is 1. The van der Waals surface area contributed by atoms with Crippen LogP contribution in [0.15, 0.2) is 45.8 Å². The van der Waals surface area contributed by atoms with Crippen LogP contribution in [0.4, 0.5) is 0 Å². The molecule has 0 spiro atoms. The molecule has 8 nitrogen and oxygen atoms in total. The molecule has 8 heteroatoms. The van der Waals surface area contributed by atoms with Crippen LogP contribution in [0.5, 0.6) is 0 Å². The van der Waals surface area contributed by atoms with Gasteiger partial charge in [0.15, 0.2) is 5.82 Å². The fourth-order valence-corrected chi connectivity index (χ4v) is 5.49. The highest BCUT2D eigenvalue weighted by Gasteiger charge is 2.30. The Hall–Kier alpha value is -3.26. The number of aryl methyl sites for hydroxylation is 2. The molecule has 5 rings (SSSR count). The van der Waals surface area contributed by atoms with Crippen molar-refractivity contribution in [2.45, 2.75) is 90.9 Å². The number of hydrogen-bond acceptors (Lipinski definition) is 6. The molecular formula is C28H36N6O2. The minimum atomic E-state index is -0.0580. The van der Waals surface area contributed by atoms with Crippen LogP contribution in [0.25, 0.3) is 10.9 Å². The second-order valence-corrected chi connectivity index (χ2v) is 10.2. The summed E-state index contributed by atoms with van der Waals surface area (Å²) in [4.78, 5) is 18.6. The summed E-state index contributed by atoms with van der Waals surface area (Å²) >= 11 is 0. The lowest BCUT2D eigenvalue weighted by Crippen LogP contribution is -2.33. The smallest absolute Gasteiger partial charge is 0.252 e. The summed E-state index contributed by atoms with van der Waals surface area (Å²) in [5.74, 6) is 1.75. The van der Waals surface area contributed by atoms with Crippen LogP contribution >= 0.6 is 0 Å². The number of pyridine rings is 1. The Morgan fingerprint density at radius 2 is 1.94 bits per heavy atom. The number of rotatable bonds is 9. The van der Waals surface area contributed by atoms with Crippen molar-refractivity contribution in [1.82, 2.24) is 30.1 Å². The predicted octanol–water partition coefficient (Wildman–Crippen LogP) is 5.77. The second kappa shape index (κ2) is 10.8. The molecule has 4 aromatic rings. The molecule has 1 saturated carbocycles. The van der Waals surface area contributed by atoms with Crippen molar-refractivity contribution in [3.8, 4) is 0 Å². The standard InChI is InChI=1S/C28H36N6O2/c1-4-9-26(27-30-31-32-34(27)23-10-6-5-7-11-23)33(18-24-12-8-13-36-24)17-22-16-21-14-19(2)20(3)15-25(21)29-28(22)35/h8,12-16,23,26H,4-7,9-11,17-18H2,1-3H3,(H,29,35)/t26-/m1/s1. The number of nitrogens with zero attached hydrogens (tertiary/aromatic N) is 5. The number of aromatic nitrogens is 5. The Balaban J connectivity index is 1.53. The van der Waals surface area contributed by atoms with Crippen LogP contribution < -0.4 is 5.56 Å². The number of aromatic amines is 1. The lowest BCUT2D eigenvalue weighted by molar-refractivity contribution is 0.139. The highest BCUT2D eigenvalue weighted by atomic mass is 16.3. The lowest BCUT2D eigenvalue weighted by Gasteiger charge is -2.32. The van der Waals surface area contributed by atoms with Gasteiger partial charge in [0.1, 0.15) is 5.76 Å². The molecule has 3 aromatic heterocycles. The molecule has 1 aliphatic carbocycles. The summed E-state index contributed by atoms with van der Waals surface area (Å²) < 4.78 is 7.80. The number of nitrogens with one attached hydrogen (secondary N) is 1. The largest absolute Gasteiger partial charge is 0.468 e. The van der Waals surface area contributed by atoms with Crippen molar-refractivity contribution in [3.63, 3.8) is 0 Å². The summed E-state index contributed by atoms with van der Waals surface area (Å²) in [6, 6.07) is 10.4. The van der Waals surface area contributed by atoms with Crippen molar-refractivity contribution in [3.05, 3.63) is 75.2 Å². The van der Waals surface area contributed by atoms with Crippen molar-refractivity contribution >= 4 is 10.9 Å². The van der Waals surface area contributed by atoms with Crippen LogP contribution in [0, 0.1) is 13.8 Å². The summed E-state index contributed by atoms with van der Waals surface area (Å²) in [7, 11) is 0. The van der Waals surface area contributed by atoms with Gasteiger partial charge in [-0.3, -0.25) is 9.69 Å². The number of H-pyrrole nitrogens is 1. The number of benzene rings is 1. The van der Waals surface area contributed by atoms with E-state index in [1.165, 1.54) is 30.4 Å². The van der Waals surface area contributed by atoms with Gasteiger partial charge in [0.05, 0.1) is 24.9 Å². The molecule has 36 heavy (non-hydrogen) atoms. The molecule has 1 N–H and O–H groups in total. The zero-order valence-corrected chi connectivity index (χ0v) is 21.5. The molecule has 190 valence electrons. The Bertz CT molecular complexity index is 1350. The molecule has 1 fully saturated rings. The minimum absolute atomic E-state index is 0.0353. The van der Waals surface area contributed by atoms with E-state index in [1.807, 2.05) is 18.2 Å². The summed E-state index contributed by atoms with van der Waals surface area (Å²) in [5.41, 5.74) is 3.93. The second-order valence-electron chi connectivity index (χ2n) is 10.2. The molecule has 1 atom stereocenters. The normalized spacial score (nSPS) is 15.7. The molecule has 1 aliphatic rings. The van der Waals surface area contributed by atoms with Crippen molar-refractivity contribution in [1.29, 1.82) is 0 Å². The highest BCUT2D eigenvalue weighted by Crippen LogP contribution is 2.33. The van der Waals surface area contributed by atoms with Gasteiger partial charge in [0.2, 0.25) is 0 Å². The Morgan fingerprint density at radius 3 is 2.69 bits per heavy atom. The van der Waals surface area contributed by atoms with E-state index in [-0.39, 0.29) is 11.6 Å². The quantitative estimate of drug-likeness (QED) is 0.321. The minimum Gasteiger partial charge on any atom is -0.468 e. The molecule has 0 bridgehead atoms. The van der Waals surface area contributed by atoms with Gasteiger partial charge in [-0.1, -0.05) is 32.6 Å². The van der Waals surface area contributed by atoms with E-state index in [9.17, 15) is 4.79 Å². The first kappa shape index (κ1) is 24.4. The Kier molecular flexibility index (Phi) is 7.32. The van der Waals surface area contributed by atoms with Crippen molar-refractivity contribution < 1.29 is 4.42 Å². The third kappa shape index (κ3) is 5.14. The fraction of sp³-hybridized carbons (Fsp3) is 0.500. The SMILES string of the molecule is CCC[C@H](c1nnnn1C1CCCCC1)N(Cc1ccco1)Cc1cc2cc(C)c(C)cc2[nH]c1=O. The molecule has 0 unspecified atom stereocenters. The third-order valence-corrected chi connectivity index (χ3v) is 7.59. The molecule has 0 amide bonds. The maximum atomic E-state index is 13.2.